The molecule has 1 heterocycles. The van der Waals surface area contributed by atoms with Crippen LogP contribution >= 0.6 is 11.3 Å². The smallest absolute Gasteiger partial charge is 0.122 e. The average molecular weight is 242 g/mol. The van der Waals surface area contributed by atoms with Gasteiger partial charge in [-0.05, 0) is 13.8 Å². The first-order chi connectivity index (χ1) is 7.40. The van der Waals surface area contributed by atoms with Crippen molar-refractivity contribution in [3.63, 3.8) is 0 Å². The lowest BCUT2D eigenvalue weighted by Crippen LogP contribution is -2.15. The Morgan fingerprint density at radius 1 is 1.44 bits per heavy atom. The summed E-state index contributed by atoms with van der Waals surface area (Å²) in [5.74, 6) is 0. The summed E-state index contributed by atoms with van der Waals surface area (Å²) in [5.41, 5.74) is 6.93. The molecule has 16 heavy (non-hydrogen) atoms. The van der Waals surface area contributed by atoms with E-state index in [1.54, 1.807) is 11.3 Å². The molecule has 0 radical (unpaired) electrons. The van der Waals surface area contributed by atoms with Gasteiger partial charge in [0, 0.05) is 23.4 Å². The summed E-state index contributed by atoms with van der Waals surface area (Å²) in [6.45, 7) is 11.8. The molecule has 1 aromatic rings. The molecule has 0 bridgehead atoms. The fourth-order valence-corrected chi connectivity index (χ4v) is 2.74. The highest BCUT2D eigenvalue weighted by Gasteiger charge is 2.24. The summed E-state index contributed by atoms with van der Waals surface area (Å²) in [7, 11) is 0. The Bertz CT molecular complexity index is 341. The van der Waals surface area contributed by atoms with E-state index < -0.39 is 0 Å². The van der Waals surface area contributed by atoms with Gasteiger partial charge >= 0.3 is 0 Å². The second-order valence-corrected chi connectivity index (χ2v) is 5.99. The Morgan fingerprint density at radius 2 is 2.06 bits per heavy atom. The number of nitrogens with zero attached hydrogens (tertiary/aromatic N) is 1. The van der Waals surface area contributed by atoms with Crippen molar-refractivity contribution in [3.8, 4) is 0 Å². The number of hydrogen-bond donors (Lipinski definition) is 1. The van der Waals surface area contributed by atoms with Gasteiger partial charge in [0.2, 0.25) is 0 Å². The third-order valence-corrected chi connectivity index (χ3v) is 3.61. The molecule has 0 spiro atoms. The largest absolute Gasteiger partial charge is 0.372 e. The van der Waals surface area contributed by atoms with E-state index in [0.717, 1.165) is 10.7 Å². The minimum atomic E-state index is 0.0510. The standard InChI is InChI=1S/C12H22N2OS/c1-6-15-8(2)11-14-10(12(3,4)5)9(7-13)16-11/h8H,6-7,13H2,1-5H3. The van der Waals surface area contributed by atoms with Crippen molar-refractivity contribution in [2.45, 2.75) is 52.7 Å². The van der Waals surface area contributed by atoms with Gasteiger partial charge in [0.25, 0.3) is 0 Å². The summed E-state index contributed by atoms with van der Waals surface area (Å²) in [4.78, 5) is 5.86. The van der Waals surface area contributed by atoms with Gasteiger partial charge in [-0.2, -0.15) is 0 Å². The molecule has 1 aromatic heterocycles. The van der Waals surface area contributed by atoms with E-state index in [2.05, 4.69) is 25.8 Å². The van der Waals surface area contributed by atoms with E-state index in [0.29, 0.717) is 13.2 Å². The molecule has 2 N–H and O–H groups in total. The maximum absolute atomic E-state index is 5.76. The molecule has 0 saturated carbocycles. The zero-order chi connectivity index (χ0) is 12.3. The highest BCUT2D eigenvalue weighted by Crippen LogP contribution is 2.32. The first kappa shape index (κ1) is 13.6. The Morgan fingerprint density at radius 3 is 2.44 bits per heavy atom. The van der Waals surface area contributed by atoms with Crippen LogP contribution in [0.15, 0.2) is 0 Å². The van der Waals surface area contributed by atoms with Crippen LogP contribution in [0.4, 0.5) is 0 Å². The fourth-order valence-electron chi connectivity index (χ4n) is 1.59. The van der Waals surface area contributed by atoms with Crippen LogP contribution in [0.25, 0.3) is 0 Å². The van der Waals surface area contributed by atoms with Gasteiger partial charge in [-0.3, -0.25) is 0 Å². The fraction of sp³-hybridized carbons (Fsp3) is 0.750. The topological polar surface area (TPSA) is 48.1 Å². The predicted molar refractivity (Wildman–Crippen MR) is 68.7 cm³/mol. The average Bonchev–Trinajstić information content (AvgIpc) is 2.61. The van der Waals surface area contributed by atoms with E-state index in [4.69, 9.17) is 10.5 Å². The van der Waals surface area contributed by atoms with Crippen LogP contribution in [0.2, 0.25) is 0 Å². The number of nitrogens with two attached hydrogens (primary N) is 1. The summed E-state index contributed by atoms with van der Waals surface area (Å²) >= 11 is 1.67. The van der Waals surface area contributed by atoms with Gasteiger partial charge in [-0.15, -0.1) is 11.3 Å². The van der Waals surface area contributed by atoms with Crippen LogP contribution in [-0.4, -0.2) is 11.6 Å². The molecule has 92 valence electrons. The lowest BCUT2D eigenvalue weighted by atomic mass is 9.91. The van der Waals surface area contributed by atoms with E-state index in [1.807, 2.05) is 13.8 Å². The minimum Gasteiger partial charge on any atom is -0.372 e. The van der Waals surface area contributed by atoms with Crippen LogP contribution in [-0.2, 0) is 16.7 Å². The Labute approximate surface area is 102 Å². The third kappa shape index (κ3) is 3.03. The van der Waals surface area contributed by atoms with Gasteiger partial charge in [-0.25, -0.2) is 4.98 Å². The zero-order valence-corrected chi connectivity index (χ0v) is 11.6. The van der Waals surface area contributed by atoms with Crippen molar-refractivity contribution < 1.29 is 4.74 Å². The molecular formula is C12H22N2OS. The Hall–Kier alpha value is -0.450. The zero-order valence-electron chi connectivity index (χ0n) is 10.8. The molecule has 0 aromatic carbocycles. The quantitative estimate of drug-likeness (QED) is 0.883. The lowest BCUT2D eigenvalue weighted by molar-refractivity contribution is 0.0760. The van der Waals surface area contributed by atoms with Crippen molar-refractivity contribution in [2.24, 2.45) is 5.73 Å². The van der Waals surface area contributed by atoms with Crippen molar-refractivity contribution in [1.82, 2.24) is 4.98 Å². The van der Waals surface area contributed by atoms with Gasteiger partial charge < -0.3 is 10.5 Å². The van der Waals surface area contributed by atoms with Crippen LogP contribution < -0.4 is 5.73 Å². The number of aromatic nitrogens is 1. The molecule has 4 heteroatoms. The monoisotopic (exact) mass is 242 g/mol. The normalized spacial score (nSPS) is 14.1. The summed E-state index contributed by atoms with van der Waals surface area (Å²) in [6, 6.07) is 0. The lowest BCUT2D eigenvalue weighted by Gasteiger charge is -2.17. The maximum atomic E-state index is 5.76. The van der Waals surface area contributed by atoms with Crippen molar-refractivity contribution in [1.29, 1.82) is 0 Å². The molecule has 0 saturated heterocycles. The molecule has 0 fully saturated rings. The van der Waals surface area contributed by atoms with E-state index in [-0.39, 0.29) is 11.5 Å². The Balaban J connectivity index is 3.03. The molecule has 1 rings (SSSR count). The van der Waals surface area contributed by atoms with Crippen LogP contribution in [0, 0.1) is 0 Å². The minimum absolute atomic E-state index is 0.0510. The molecule has 0 aliphatic heterocycles. The second kappa shape index (κ2) is 5.25. The molecule has 3 nitrogen and oxygen atoms in total. The van der Waals surface area contributed by atoms with E-state index >= 15 is 0 Å². The van der Waals surface area contributed by atoms with Gasteiger partial charge in [0.15, 0.2) is 0 Å². The summed E-state index contributed by atoms with van der Waals surface area (Å²) in [5, 5.41) is 1.03. The van der Waals surface area contributed by atoms with Crippen molar-refractivity contribution in [3.05, 3.63) is 15.6 Å². The van der Waals surface area contributed by atoms with Crippen molar-refractivity contribution in [2.75, 3.05) is 6.61 Å². The molecule has 0 aliphatic rings. The summed E-state index contributed by atoms with van der Waals surface area (Å²) < 4.78 is 5.56. The van der Waals surface area contributed by atoms with Crippen LogP contribution in [0.5, 0.6) is 0 Å². The highest BCUT2D eigenvalue weighted by molar-refractivity contribution is 7.11. The van der Waals surface area contributed by atoms with Crippen LogP contribution in [0.3, 0.4) is 0 Å². The third-order valence-electron chi connectivity index (χ3n) is 2.37. The number of ether oxygens (including phenoxy) is 1. The van der Waals surface area contributed by atoms with Crippen molar-refractivity contribution >= 4 is 11.3 Å². The SMILES string of the molecule is CCOC(C)c1nc(C(C)(C)C)c(CN)s1. The highest BCUT2D eigenvalue weighted by atomic mass is 32.1. The number of thiazole rings is 1. The molecule has 0 amide bonds. The second-order valence-electron chi connectivity index (χ2n) is 4.88. The predicted octanol–water partition coefficient (Wildman–Crippen LogP) is 3.00. The molecule has 0 aliphatic carbocycles. The molecule has 1 unspecified atom stereocenters. The van der Waals surface area contributed by atoms with Gasteiger partial charge in [0.05, 0.1) is 5.69 Å². The Kier molecular flexibility index (Phi) is 4.47. The molecule has 1 atom stereocenters. The van der Waals surface area contributed by atoms with E-state index in [9.17, 15) is 0 Å². The van der Waals surface area contributed by atoms with E-state index in [1.165, 1.54) is 4.88 Å². The maximum Gasteiger partial charge on any atom is 0.122 e. The number of hydrogen-bond acceptors (Lipinski definition) is 4. The molecular weight excluding hydrogens is 220 g/mol. The van der Waals surface area contributed by atoms with Gasteiger partial charge in [-0.1, -0.05) is 20.8 Å². The first-order valence-corrected chi connectivity index (χ1v) is 6.53. The summed E-state index contributed by atoms with van der Waals surface area (Å²) in [6.07, 6.45) is 0.0661. The number of rotatable bonds is 4. The van der Waals surface area contributed by atoms with Crippen LogP contribution in [0.1, 0.15) is 56.3 Å². The van der Waals surface area contributed by atoms with Gasteiger partial charge in [0.1, 0.15) is 11.1 Å². The first-order valence-electron chi connectivity index (χ1n) is 5.71.